The van der Waals surface area contributed by atoms with Crippen LogP contribution < -0.4 is 11.2 Å². The van der Waals surface area contributed by atoms with E-state index in [4.69, 9.17) is 5.73 Å². The number of H-pyrrole nitrogens is 1. The SMILES string of the molecule is CC(N)CN(C)C(=O)c1c[nH]ccc1=O. The van der Waals surface area contributed by atoms with E-state index in [1.54, 1.807) is 14.0 Å². The van der Waals surface area contributed by atoms with Gasteiger partial charge in [-0.2, -0.15) is 0 Å². The number of hydrogen-bond acceptors (Lipinski definition) is 3. The lowest BCUT2D eigenvalue weighted by Gasteiger charge is -2.18. The molecule has 0 radical (unpaired) electrons. The molecule has 0 aromatic carbocycles. The molecule has 0 saturated carbocycles. The average Bonchev–Trinajstić information content (AvgIpc) is 2.16. The topological polar surface area (TPSA) is 79.2 Å². The number of nitrogens with two attached hydrogens (primary N) is 1. The first-order chi connectivity index (χ1) is 7.02. The van der Waals surface area contributed by atoms with Gasteiger partial charge in [0, 0.05) is 38.1 Å². The van der Waals surface area contributed by atoms with E-state index in [-0.39, 0.29) is 22.9 Å². The van der Waals surface area contributed by atoms with Gasteiger partial charge in [0.1, 0.15) is 5.56 Å². The van der Waals surface area contributed by atoms with Gasteiger partial charge < -0.3 is 15.6 Å². The number of carbonyl (C=O) groups excluding carboxylic acids is 1. The predicted molar refractivity (Wildman–Crippen MR) is 57.7 cm³/mol. The van der Waals surface area contributed by atoms with Gasteiger partial charge in [0.15, 0.2) is 5.43 Å². The van der Waals surface area contributed by atoms with Crippen LogP contribution >= 0.6 is 0 Å². The van der Waals surface area contributed by atoms with E-state index in [0.29, 0.717) is 6.54 Å². The largest absolute Gasteiger partial charge is 0.367 e. The van der Waals surface area contributed by atoms with Gasteiger partial charge in [-0.05, 0) is 6.92 Å². The minimum absolute atomic E-state index is 0.109. The maximum absolute atomic E-state index is 11.8. The van der Waals surface area contributed by atoms with Gasteiger partial charge >= 0.3 is 0 Å². The monoisotopic (exact) mass is 209 g/mol. The number of carbonyl (C=O) groups is 1. The molecular formula is C10H15N3O2. The Hall–Kier alpha value is -1.62. The summed E-state index contributed by atoms with van der Waals surface area (Å²) >= 11 is 0. The summed E-state index contributed by atoms with van der Waals surface area (Å²) in [6.07, 6.45) is 2.90. The van der Waals surface area contributed by atoms with Crippen molar-refractivity contribution in [2.75, 3.05) is 13.6 Å². The molecule has 1 atom stereocenters. The molecule has 1 rings (SSSR count). The number of hydrogen-bond donors (Lipinski definition) is 2. The predicted octanol–water partition coefficient (Wildman–Crippen LogP) is -0.206. The van der Waals surface area contributed by atoms with Crippen LogP contribution in [0.4, 0.5) is 0 Å². The van der Waals surface area contributed by atoms with Gasteiger partial charge in [-0.25, -0.2) is 0 Å². The summed E-state index contributed by atoms with van der Waals surface area (Å²) in [6, 6.07) is 1.22. The van der Waals surface area contributed by atoms with Gasteiger partial charge in [0.2, 0.25) is 0 Å². The Morgan fingerprint density at radius 1 is 1.67 bits per heavy atom. The van der Waals surface area contributed by atoms with Crippen LogP contribution in [-0.2, 0) is 0 Å². The second-order valence-corrected chi connectivity index (χ2v) is 3.59. The normalized spacial score (nSPS) is 12.2. The first kappa shape index (κ1) is 11.5. The second-order valence-electron chi connectivity index (χ2n) is 3.59. The molecule has 0 aliphatic heterocycles. The fourth-order valence-electron chi connectivity index (χ4n) is 1.30. The Bertz CT molecular complexity index is 398. The molecule has 0 saturated heterocycles. The van der Waals surface area contributed by atoms with Gasteiger partial charge in [-0.1, -0.05) is 0 Å². The van der Waals surface area contributed by atoms with Crippen molar-refractivity contribution >= 4 is 5.91 Å². The minimum atomic E-state index is -0.311. The van der Waals surface area contributed by atoms with Crippen molar-refractivity contribution < 1.29 is 4.79 Å². The summed E-state index contributed by atoms with van der Waals surface area (Å²) in [5, 5.41) is 0. The number of amides is 1. The van der Waals surface area contributed by atoms with Crippen LogP contribution in [0.1, 0.15) is 17.3 Å². The molecule has 0 spiro atoms. The highest BCUT2D eigenvalue weighted by Gasteiger charge is 2.15. The van der Waals surface area contributed by atoms with E-state index in [1.165, 1.54) is 23.4 Å². The van der Waals surface area contributed by atoms with Crippen molar-refractivity contribution in [2.45, 2.75) is 13.0 Å². The van der Waals surface area contributed by atoms with Crippen molar-refractivity contribution in [2.24, 2.45) is 5.73 Å². The molecule has 82 valence electrons. The molecule has 1 aromatic rings. The van der Waals surface area contributed by atoms with Crippen molar-refractivity contribution in [3.8, 4) is 0 Å². The maximum Gasteiger partial charge on any atom is 0.259 e. The molecule has 0 fully saturated rings. The van der Waals surface area contributed by atoms with Crippen LogP contribution in [0.2, 0.25) is 0 Å². The number of aromatic amines is 1. The smallest absolute Gasteiger partial charge is 0.259 e. The Morgan fingerprint density at radius 2 is 2.33 bits per heavy atom. The van der Waals surface area contributed by atoms with Crippen molar-refractivity contribution in [3.63, 3.8) is 0 Å². The Morgan fingerprint density at radius 3 is 2.87 bits per heavy atom. The molecule has 1 aromatic heterocycles. The van der Waals surface area contributed by atoms with Crippen molar-refractivity contribution in [1.82, 2.24) is 9.88 Å². The Kier molecular flexibility index (Phi) is 3.62. The third-order valence-corrected chi connectivity index (χ3v) is 1.96. The van der Waals surface area contributed by atoms with E-state index in [1.807, 2.05) is 0 Å². The van der Waals surface area contributed by atoms with Crippen LogP contribution in [0.3, 0.4) is 0 Å². The highest BCUT2D eigenvalue weighted by Crippen LogP contribution is 1.96. The zero-order chi connectivity index (χ0) is 11.4. The molecule has 5 nitrogen and oxygen atoms in total. The van der Waals surface area contributed by atoms with Crippen LogP contribution in [0, 0.1) is 0 Å². The number of nitrogens with one attached hydrogen (secondary N) is 1. The first-order valence-corrected chi connectivity index (χ1v) is 4.70. The zero-order valence-corrected chi connectivity index (χ0v) is 8.86. The molecule has 15 heavy (non-hydrogen) atoms. The standard InChI is InChI=1S/C10H15N3O2/c1-7(11)6-13(2)10(15)8-5-12-4-3-9(8)14/h3-5,7H,6,11H2,1-2H3,(H,12,14). The number of aromatic nitrogens is 1. The fraction of sp³-hybridized carbons (Fsp3) is 0.400. The minimum Gasteiger partial charge on any atom is -0.367 e. The summed E-state index contributed by atoms with van der Waals surface area (Å²) in [6.45, 7) is 2.23. The third-order valence-electron chi connectivity index (χ3n) is 1.96. The first-order valence-electron chi connectivity index (χ1n) is 4.70. The zero-order valence-electron chi connectivity index (χ0n) is 8.86. The number of likely N-dealkylation sites (N-methyl/N-ethyl adjacent to an activating group) is 1. The summed E-state index contributed by atoms with van der Waals surface area (Å²) in [4.78, 5) is 27.3. The van der Waals surface area contributed by atoms with Crippen molar-refractivity contribution in [3.05, 3.63) is 34.2 Å². The molecular weight excluding hydrogens is 194 g/mol. The number of nitrogens with zero attached hydrogens (tertiary/aromatic N) is 1. The lowest BCUT2D eigenvalue weighted by Crippen LogP contribution is -2.38. The summed E-state index contributed by atoms with van der Waals surface area (Å²) in [5.41, 5.74) is 5.42. The van der Waals surface area contributed by atoms with E-state index in [9.17, 15) is 9.59 Å². The van der Waals surface area contributed by atoms with Crippen molar-refractivity contribution in [1.29, 1.82) is 0 Å². The molecule has 1 unspecified atom stereocenters. The summed E-state index contributed by atoms with van der Waals surface area (Å²) in [5.74, 6) is -0.311. The molecule has 1 heterocycles. The fourth-order valence-corrected chi connectivity index (χ4v) is 1.30. The summed E-state index contributed by atoms with van der Waals surface area (Å²) < 4.78 is 0. The number of pyridine rings is 1. The van der Waals surface area contributed by atoms with E-state index in [0.717, 1.165) is 0 Å². The van der Waals surface area contributed by atoms with Gasteiger partial charge in [0.25, 0.3) is 5.91 Å². The van der Waals surface area contributed by atoms with E-state index >= 15 is 0 Å². The number of rotatable bonds is 3. The molecule has 3 N–H and O–H groups in total. The third kappa shape index (κ3) is 2.92. The van der Waals surface area contributed by atoms with Gasteiger partial charge in [-0.3, -0.25) is 9.59 Å². The van der Waals surface area contributed by atoms with E-state index < -0.39 is 0 Å². The maximum atomic E-state index is 11.8. The average molecular weight is 209 g/mol. The van der Waals surface area contributed by atoms with Gasteiger partial charge in [-0.15, -0.1) is 0 Å². The Labute approximate surface area is 87.9 Å². The van der Waals surface area contributed by atoms with Crippen LogP contribution in [0.25, 0.3) is 0 Å². The molecule has 0 aliphatic rings. The Balaban J connectivity index is 2.86. The second kappa shape index (κ2) is 4.75. The summed E-state index contributed by atoms with van der Waals surface area (Å²) in [7, 11) is 1.62. The lowest BCUT2D eigenvalue weighted by molar-refractivity contribution is 0.0787. The molecule has 0 bridgehead atoms. The quantitative estimate of drug-likeness (QED) is 0.723. The van der Waals surface area contributed by atoms with Crippen LogP contribution in [0.15, 0.2) is 23.3 Å². The lowest BCUT2D eigenvalue weighted by atomic mass is 10.2. The molecule has 5 heteroatoms. The van der Waals surface area contributed by atoms with E-state index in [2.05, 4.69) is 4.98 Å². The highest BCUT2D eigenvalue weighted by atomic mass is 16.2. The van der Waals surface area contributed by atoms with Crippen LogP contribution in [0.5, 0.6) is 0 Å². The molecule has 0 aliphatic carbocycles. The van der Waals surface area contributed by atoms with Crippen LogP contribution in [-0.4, -0.2) is 35.4 Å². The highest BCUT2D eigenvalue weighted by molar-refractivity contribution is 5.93. The van der Waals surface area contributed by atoms with Gasteiger partial charge in [0.05, 0.1) is 0 Å². The molecule has 1 amide bonds.